The van der Waals surface area contributed by atoms with E-state index < -0.39 is 0 Å². The Bertz CT molecular complexity index is 591. The lowest BCUT2D eigenvalue weighted by atomic mass is 10.1. The van der Waals surface area contributed by atoms with Crippen LogP contribution in [0.4, 0.5) is 5.69 Å². The van der Waals surface area contributed by atoms with E-state index in [1.54, 1.807) is 6.07 Å². The van der Waals surface area contributed by atoms with E-state index in [2.05, 4.69) is 16.3 Å². The molecule has 92 valence electrons. The van der Waals surface area contributed by atoms with Gasteiger partial charge in [-0.1, -0.05) is 12.1 Å². The number of nitrogens with zero attached hydrogens (tertiary/aromatic N) is 1. The van der Waals surface area contributed by atoms with Crippen molar-refractivity contribution in [2.45, 2.75) is 13.0 Å². The van der Waals surface area contributed by atoms with E-state index in [9.17, 15) is 4.79 Å². The van der Waals surface area contributed by atoms with Crippen molar-refractivity contribution in [2.24, 2.45) is 5.73 Å². The second-order valence-corrected chi connectivity index (χ2v) is 5.42. The third-order valence-corrected chi connectivity index (χ3v) is 4.34. The molecule has 0 fully saturated rings. The molecular weight excluding hydrogens is 244 g/mol. The Hall–Kier alpha value is -1.81. The molecule has 1 amide bonds. The van der Waals surface area contributed by atoms with Crippen LogP contribution in [-0.2, 0) is 13.0 Å². The molecule has 0 saturated heterocycles. The predicted octanol–water partition coefficient (Wildman–Crippen LogP) is 2.41. The van der Waals surface area contributed by atoms with Gasteiger partial charge in [0.1, 0.15) is 0 Å². The topological polar surface area (TPSA) is 46.3 Å². The first-order chi connectivity index (χ1) is 8.75. The highest BCUT2D eigenvalue weighted by Gasteiger charge is 2.20. The number of amides is 1. The summed E-state index contributed by atoms with van der Waals surface area (Å²) in [5.74, 6) is -0.360. The van der Waals surface area contributed by atoms with Crippen molar-refractivity contribution in [1.29, 1.82) is 0 Å². The predicted molar refractivity (Wildman–Crippen MR) is 74.0 cm³/mol. The number of carbonyl (C=O) groups is 1. The van der Waals surface area contributed by atoms with Crippen LogP contribution in [0.5, 0.6) is 0 Å². The zero-order chi connectivity index (χ0) is 12.5. The van der Waals surface area contributed by atoms with Gasteiger partial charge in [-0.05, 0) is 35.6 Å². The van der Waals surface area contributed by atoms with Crippen molar-refractivity contribution in [1.82, 2.24) is 0 Å². The molecule has 0 unspecified atom stereocenters. The number of hydrogen-bond donors (Lipinski definition) is 1. The number of anilines is 1. The Morgan fingerprint density at radius 1 is 1.28 bits per heavy atom. The molecule has 1 aliphatic rings. The molecule has 1 aliphatic heterocycles. The van der Waals surface area contributed by atoms with Crippen LogP contribution in [-0.4, -0.2) is 12.5 Å². The standard InChI is InChI=1S/C14H14N2OS/c15-14(17)11-3-1-2-4-12(11)16-7-5-13-10(9-16)6-8-18-13/h1-4,6,8H,5,7,9H2,(H2,15,17). The highest BCUT2D eigenvalue weighted by Crippen LogP contribution is 2.29. The highest BCUT2D eigenvalue weighted by molar-refractivity contribution is 7.10. The maximum absolute atomic E-state index is 11.5. The maximum atomic E-state index is 11.5. The summed E-state index contributed by atoms with van der Waals surface area (Å²) >= 11 is 1.81. The van der Waals surface area contributed by atoms with Crippen LogP contribution in [0.2, 0.25) is 0 Å². The van der Waals surface area contributed by atoms with Crippen molar-refractivity contribution < 1.29 is 4.79 Å². The first-order valence-corrected chi connectivity index (χ1v) is 6.82. The molecule has 0 spiro atoms. The number of thiophene rings is 1. The summed E-state index contributed by atoms with van der Waals surface area (Å²) in [5, 5.41) is 2.13. The second-order valence-electron chi connectivity index (χ2n) is 4.42. The summed E-state index contributed by atoms with van der Waals surface area (Å²) in [6, 6.07) is 9.73. The SMILES string of the molecule is NC(=O)c1ccccc1N1CCc2sccc2C1. The number of rotatable bonds is 2. The zero-order valence-electron chi connectivity index (χ0n) is 9.93. The lowest BCUT2D eigenvalue weighted by molar-refractivity contribution is 0.100. The summed E-state index contributed by atoms with van der Waals surface area (Å²) in [6.07, 6.45) is 1.04. The summed E-state index contributed by atoms with van der Waals surface area (Å²) in [5.41, 5.74) is 8.35. The fraction of sp³-hybridized carbons (Fsp3) is 0.214. The average Bonchev–Trinajstić information content (AvgIpc) is 2.85. The van der Waals surface area contributed by atoms with Crippen LogP contribution < -0.4 is 10.6 Å². The minimum absolute atomic E-state index is 0.360. The van der Waals surface area contributed by atoms with Crippen molar-refractivity contribution in [3.63, 3.8) is 0 Å². The van der Waals surface area contributed by atoms with Gasteiger partial charge < -0.3 is 10.6 Å². The number of para-hydroxylation sites is 1. The maximum Gasteiger partial charge on any atom is 0.250 e. The number of nitrogens with two attached hydrogens (primary N) is 1. The van der Waals surface area contributed by atoms with Crippen LogP contribution in [0.1, 0.15) is 20.8 Å². The van der Waals surface area contributed by atoms with Gasteiger partial charge in [-0.3, -0.25) is 4.79 Å². The zero-order valence-corrected chi connectivity index (χ0v) is 10.7. The third kappa shape index (κ3) is 1.88. The van der Waals surface area contributed by atoms with Crippen LogP contribution >= 0.6 is 11.3 Å². The first kappa shape index (κ1) is 11.3. The Balaban J connectivity index is 1.95. The molecule has 1 aromatic heterocycles. The normalized spacial score (nSPS) is 14.3. The molecule has 0 saturated carbocycles. The molecule has 0 atom stereocenters. The largest absolute Gasteiger partial charge is 0.366 e. The van der Waals surface area contributed by atoms with E-state index in [4.69, 9.17) is 5.73 Å². The van der Waals surface area contributed by atoms with Crippen molar-refractivity contribution in [3.05, 3.63) is 51.7 Å². The average molecular weight is 258 g/mol. The molecule has 18 heavy (non-hydrogen) atoms. The smallest absolute Gasteiger partial charge is 0.250 e. The second kappa shape index (κ2) is 4.46. The molecule has 2 aromatic rings. The van der Waals surface area contributed by atoms with Gasteiger partial charge in [-0.25, -0.2) is 0 Å². The van der Waals surface area contributed by atoms with Crippen LogP contribution in [0.3, 0.4) is 0 Å². The number of fused-ring (bicyclic) bond motifs is 1. The van der Waals surface area contributed by atoms with Crippen molar-refractivity contribution >= 4 is 22.9 Å². The molecular formula is C14H14N2OS. The number of carbonyl (C=O) groups excluding carboxylic acids is 1. The van der Waals surface area contributed by atoms with E-state index in [0.29, 0.717) is 5.56 Å². The molecule has 4 heteroatoms. The fourth-order valence-corrected chi connectivity index (χ4v) is 3.30. The molecule has 0 bridgehead atoms. The van der Waals surface area contributed by atoms with Crippen LogP contribution in [0.15, 0.2) is 35.7 Å². The van der Waals surface area contributed by atoms with Gasteiger partial charge in [-0.15, -0.1) is 11.3 Å². The number of primary amides is 1. The van der Waals surface area contributed by atoms with Crippen molar-refractivity contribution in [2.75, 3.05) is 11.4 Å². The summed E-state index contributed by atoms with van der Waals surface area (Å²) in [7, 11) is 0. The molecule has 3 rings (SSSR count). The van der Waals surface area contributed by atoms with Gasteiger partial charge in [0.2, 0.25) is 0 Å². The molecule has 2 N–H and O–H groups in total. The van der Waals surface area contributed by atoms with Gasteiger partial charge >= 0.3 is 0 Å². The van der Waals surface area contributed by atoms with E-state index in [-0.39, 0.29) is 5.91 Å². The third-order valence-electron chi connectivity index (χ3n) is 3.32. The lowest BCUT2D eigenvalue weighted by Gasteiger charge is -2.30. The number of hydrogen-bond acceptors (Lipinski definition) is 3. The summed E-state index contributed by atoms with van der Waals surface area (Å²) in [4.78, 5) is 15.1. The van der Waals surface area contributed by atoms with Crippen LogP contribution in [0.25, 0.3) is 0 Å². The molecule has 3 nitrogen and oxygen atoms in total. The number of benzene rings is 1. The summed E-state index contributed by atoms with van der Waals surface area (Å²) < 4.78 is 0. The van der Waals surface area contributed by atoms with E-state index >= 15 is 0 Å². The minimum Gasteiger partial charge on any atom is -0.366 e. The molecule has 0 aliphatic carbocycles. The first-order valence-electron chi connectivity index (χ1n) is 5.95. The van der Waals surface area contributed by atoms with Gasteiger partial charge in [0, 0.05) is 23.7 Å². The monoisotopic (exact) mass is 258 g/mol. The van der Waals surface area contributed by atoms with Gasteiger partial charge in [0.05, 0.1) is 5.56 Å². The lowest BCUT2D eigenvalue weighted by Crippen LogP contribution is -2.31. The quantitative estimate of drug-likeness (QED) is 0.899. The van der Waals surface area contributed by atoms with Crippen molar-refractivity contribution in [3.8, 4) is 0 Å². The molecule has 0 radical (unpaired) electrons. The molecule has 1 aromatic carbocycles. The van der Waals surface area contributed by atoms with Gasteiger partial charge in [0.25, 0.3) is 5.91 Å². The van der Waals surface area contributed by atoms with Gasteiger partial charge in [0.15, 0.2) is 0 Å². The fourth-order valence-electron chi connectivity index (χ4n) is 2.41. The van der Waals surface area contributed by atoms with E-state index in [1.165, 1.54) is 10.4 Å². The Morgan fingerprint density at radius 3 is 2.94 bits per heavy atom. The Morgan fingerprint density at radius 2 is 2.11 bits per heavy atom. The minimum atomic E-state index is -0.360. The Kier molecular flexibility index (Phi) is 2.80. The highest BCUT2D eigenvalue weighted by atomic mass is 32.1. The Labute approximate surface area is 110 Å². The van der Waals surface area contributed by atoms with Gasteiger partial charge in [-0.2, -0.15) is 0 Å². The van der Waals surface area contributed by atoms with E-state index in [0.717, 1.165) is 25.2 Å². The van der Waals surface area contributed by atoms with E-state index in [1.807, 2.05) is 29.5 Å². The summed E-state index contributed by atoms with van der Waals surface area (Å²) in [6.45, 7) is 1.81. The van der Waals surface area contributed by atoms with Crippen LogP contribution in [0, 0.1) is 0 Å². The molecule has 2 heterocycles.